The summed E-state index contributed by atoms with van der Waals surface area (Å²) < 4.78 is 35.4. The average Bonchev–Trinajstić information content (AvgIpc) is 2.49. The highest BCUT2D eigenvalue weighted by atomic mass is 19.4. The third-order valence-electron chi connectivity index (χ3n) is 2.81. The maximum absolute atomic E-state index is 11.8. The van der Waals surface area contributed by atoms with Crippen LogP contribution in [0.15, 0.2) is 0 Å². The van der Waals surface area contributed by atoms with Crippen molar-refractivity contribution < 1.29 is 18.0 Å². The lowest BCUT2D eigenvalue weighted by Gasteiger charge is -2.09. The Hall–Kier alpha value is -0.580. The van der Waals surface area contributed by atoms with Crippen LogP contribution in [0.3, 0.4) is 0 Å². The van der Waals surface area contributed by atoms with Crippen molar-refractivity contribution in [2.24, 2.45) is 11.7 Å². The van der Waals surface area contributed by atoms with Gasteiger partial charge in [0.2, 0.25) is 0 Å². The highest BCUT2D eigenvalue weighted by Crippen LogP contribution is 2.28. The lowest BCUT2D eigenvalue weighted by molar-refractivity contribution is -0.137. The maximum Gasteiger partial charge on any atom is 0.389 e. The number of rotatable bonds is 4. The predicted octanol–water partition coefficient (Wildman–Crippen LogP) is 2.42. The molecule has 0 amide bonds. The Labute approximate surface area is 87.0 Å². The average molecular weight is 223 g/mol. The molecule has 0 aliphatic heterocycles. The Bertz CT molecular complexity index is 227. The molecule has 88 valence electrons. The van der Waals surface area contributed by atoms with Crippen molar-refractivity contribution in [1.82, 2.24) is 0 Å². The molecule has 1 aliphatic rings. The van der Waals surface area contributed by atoms with Crippen LogP contribution in [0.25, 0.3) is 0 Å². The monoisotopic (exact) mass is 223 g/mol. The quantitative estimate of drug-likeness (QED) is 0.795. The minimum absolute atomic E-state index is 0.0386. The number of carbonyl (C=O) groups is 1. The van der Waals surface area contributed by atoms with E-state index in [1.807, 2.05) is 0 Å². The molecule has 1 aliphatic carbocycles. The second kappa shape index (κ2) is 4.96. The summed E-state index contributed by atoms with van der Waals surface area (Å²) >= 11 is 0. The highest BCUT2D eigenvalue weighted by molar-refractivity contribution is 5.81. The molecular formula is C10H16F3NO. The van der Waals surface area contributed by atoms with E-state index in [2.05, 4.69) is 0 Å². The minimum Gasteiger partial charge on any atom is -0.328 e. The number of ketones is 1. The van der Waals surface area contributed by atoms with E-state index in [1.54, 1.807) is 0 Å². The molecule has 0 saturated heterocycles. The third kappa shape index (κ3) is 4.64. The van der Waals surface area contributed by atoms with Crippen LogP contribution in [0.4, 0.5) is 13.2 Å². The molecule has 1 saturated carbocycles. The fraction of sp³-hybridized carbons (Fsp3) is 0.900. The SMILES string of the molecule is NC1CCC(C(=O)CCCC(F)(F)F)C1. The van der Waals surface area contributed by atoms with E-state index < -0.39 is 12.6 Å². The molecule has 0 bridgehead atoms. The van der Waals surface area contributed by atoms with Crippen molar-refractivity contribution in [3.05, 3.63) is 0 Å². The van der Waals surface area contributed by atoms with Gasteiger partial charge in [-0.15, -0.1) is 0 Å². The lowest BCUT2D eigenvalue weighted by atomic mass is 9.98. The fourth-order valence-electron chi connectivity index (χ4n) is 1.98. The predicted molar refractivity (Wildman–Crippen MR) is 50.2 cm³/mol. The molecule has 0 aromatic carbocycles. The summed E-state index contributed by atoms with van der Waals surface area (Å²) in [5.41, 5.74) is 5.63. The number of hydrogen-bond acceptors (Lipinski definition) is 2. The first kappa shape index (κ1) is 12.5. The van der Waals surface area contributed by atoms with Gasteiger partial charge in [-0.05, 0) is 25.7 Å². The Morgan fingerprint density at radius 1 is 1.33 bits per heavy atom. The fourth-order valence-corrected chi connectivity index (χ4v) is 1.98. The molecule has 2 N–H and O–H groups in total. The van der Waals surface area contributed by atoms with Crippen molar-refractivity contribution in [3.8, 4) is 0 Å². The summed E-state index contributed by atoms with van der Waals surface area (Å²) in [4.78, 5) is 11.5. The minimum atomic E-state index is -4.15. The van der Waals surface area contributed by atoms with E-state index in [1.165, 1.54) is 0 Å². The van der Waals surface area contributed by atoms with Gasteiger partial charge in [0.15, 0.2) is 0 Å². The molecular weight excluding hydrogens is 207 g/mol. The molecule has 5 heteroatoms. The molecule has 1 rings (SSSR count). The molecule has 2 unspecified atom stereocenters. The summed E-state index contributed by atoms with van der Waals surface area (Å²) in [6.07, 6.45) is -2.86. The molecule has 15 heavy (non-hydrogen) atoms. The summed E-state index contributed by atoms with van der Waals surface area (Å²) in [5, 5.41) is 0. The summed E-state index contributed by atoms with van der Waals surface area (Å²) in [6.45, 7) is 0. The van der Waals surface area contributed by atoms with Gasteiger partial charge in [0, 0.05) is 24.8 Å². The van der Waals surface area contributed by atoms with Gasteiger partial charge >= 0.3 is 6.18 Å². The molecule has 0 heterocycles. The van der Waals surface area contributed by atoms with Crippen LogP contribution in [0.5, 0.6) is 0 Å². The first-order valence-electron chi connectivity index (χ1n) is 5.23. The van der Waals surface area contributed by atoms with Crippen LogP contribution < -0.4 is 5.73 Å². The van der Waals surface area contributed by atoms with E-state index in [-0.39, 0.29) is 30.6 Å². The standard InChI is InChI=1S/C10H16F3NO/c11-10(12,13)5-1-2-9(15)7-3-4-8(14)6-7/h7-8H,1-6,14H2. The molecule has 2 nitrogen and oxygen atoms in total. The van der Waals surface area contributed by atoms with E-state index in [0.29, 0.717) is 6.42 Å². The topological polar surface area (TPSA) is 43.1 Å². The Balaban J connectivity index is 2.19. The summed E-state index contributed by atoms with van der Waals surface area (Å²) in [5.74, 6) is -0.138. The second-order valence-electron chi connectivity index (χ2n) is 4.21. The van der Waals surface area contributed by atoms with E-state index >= 15 is 0 Å². The molecule has 0 aromatic rings. The highest BCUT2D eigenvalue weighted by Gasteiger charge is 2.30. The first-order chi connectivity index (χ1) is 6.88. The van der Waals surface area contributed by atoms with E-state index in [0.717, 1.165) is 12.8 Å². The molecule has 0 radical (unpaired) electrons. The van der Waals surface area contributed by atoms with Gasteiger partial charge in [-0.2, -0.15) is 13.2 Å². The van der Waals surface area contributed by atoms with Crippen LogP contribution in [0.2, 0.25) is 0 Å². The number of Topliss-reactive ketones (excluding diaryl/α,β-unsaturated/α-hetero) is 1. The Morgan fingerprint density at radius 3 is 2.47 bits per heavy atom. The lowest BCUT2D eigenvalue weighted by Crippen LogP contribution is -2.18. The summed E-state index contributed by atoms with van der Waals surface area (Å²) in [7, 11) is 0. The van der Waals surface area contributed by atoms with Crippen molar-refractivity contribution in [1.29, 1.82) is 0 Å². The van der Waals surface area contributed by atoms with Crippen molar-refractivity contribution in [3.63, 3.8) is 0 Å². The van der Waals surface area contributed by atoms with E-state index in [9.17, 15) is 18.0 Å². The van der Waals surface area contributed by atoms with Crippen LogP contribution in [0.1, 0.15) is 38.5 Å². The summed E-state index contributed by atoms with van der Waals surface area (Å²) in [6, 6.07) is 0.0570. The zero-order valence-electron chi connectivity index (χ0n) is 8.52. The van der Waals surface area contributed by atoms with E-state index in [4.69, 9.17) is 5.73 Å². The van der Waals surface area contributed by atoms with Crippen LogP contribution in [-0.2, 0) is 4.79 Å². The van der Waals surface area contributed by atoms with Gasteiger partial charge in [0.25, 0.3) is 0 Å². The van der Waals surface area contributed by atoms with Crippen LogP contribution in [0, 0.1) is 5.92 Å². The Morgan fingerprint density at radius 2 is 2.00 bits per heavy atom. The van der Waals surface area contributed by atoms with Crippen molar-refractivity contribution in [2.45, 2.75) is 50.7 Å². The van der Waals surface area contributed by atoms with Gasteiger partial charge < -0.3 is 5.73 Å². The number of alkyl halides is 3. The van der Waals surface area contributed by atoms with Gasteiger partial charge in [0.1, 0.15) is 5.78 Å². The second-order valence-corrected chi connectivity index (χ2v) is 4.21. The zero-order valence-corrected chi connectivity index (χ0v) is 8.52. The first-order valence-corrected chi connectivity index (χ1v) is 5.23. The maximum atomic E-state index is 11.8. The van der Waals surface area contributed by atoms with Gasteiger partial charge in [-0.3, -0.25) is 4.79 Å². The molecule has 0 spiro atoms. The Kier molecular flexibility index (Phi) is 4.13. The van der Waals surface area contributed by atoms with Gasteiger partial charge in [-0.25, -0.2) is 0 Å². The van der Waals surface area contributed by atoms with Crippen molar-refractivity contribution in [2.75, 3.05) is 0 Å². The number of carbonyl (C=O) groups excluding carboxylic acids is 1. The smallest absolute Gasteiger partial charge is 0.328 e. The van der Waals surface area contributed by atoms with Gasteiger partial charge in [0.05, 0.1) is 0 Å². The number of hydrogen-bond donors (Lipinski definition) is 1. The zero-order chi connectivity index (χ0) is 11.5. The number of halogens is 3. The van der Waals surface area contributed by atoms with Crippen molar-refractivity contribution >= 4 is 5.78 Å². The third-order valence-corrected chi connectivity index (χ3v) is 2.81. The molecule has 2 atom stereocenters. The normalized spacial score (nSPS) is 26.9. The molecule has 0 aromatic heterocycles. The van der Waals surface area contributed by atoms with Crippen LogP contribution in [-0.4, -0.2) is 18.0 Å². The molecule has 1 fully saturated rings. The van der Waals surface area contributed by atoms with Crippen LogP contribution >= 0.6 is 0 Å². The van der Waals surface area contributed by atoms with Gasteiger partial charge in [-0.1, -0.05) is 0 Å². The number of nitrogens with two attached hydrogens (primary N) is 1. The largest absolute Gasteiger partial charge is 0.389 e.